The number of hydrogen-bond donors (Lipinski definition) is 1. The fraction of sp³-hybridized carbons (Fsp3) is 0.100. The molecule has 0 atom stereocenters. The molecular weight excluding hydrogens is 335 g/mol. The first kappa shape index (κ1) is 15.7. The lowest BCUT2D eigenvalue weighted by Crippen LogP contribution is -2.09. The zero-order chi connectivity index (χ0) is 17.6. The fourth-order valence-electron chi connectivity index (χ4n) is 2.96. The van der Waals surface area contributed by atoms with Crippen LogP contribution in [-0.4, -0.2) is 9.97 Å². The highest BCUT2D eigenvalue weighted by Crippen LogP contribution is 2.36. The summed E-state index contributed by atoms with van der Waals surface area (Å²) >= 11 is 1.48. The molecule has 0 saturated heterocycles. The van der Waals surface area contributed by atoms with Crippen LogP contribution in [-0.2, 0) is 0 Å². The van der Waals surface area contributed by atoms with Crippen LogP contribution in [0.1, 0.15) is 10.4 Å². The molecule has 2 aromatic carbocycles. The monoisotopic (exact) mass is 350 g/mol. The first-order valence-electron chi connectivity index (χ1n) is 7.89. The summed E-state index contributed by atoms with van der Waals surface area (Å²) in [6.45, 7) is 4.02. The molecule has 0 saturated carbocycles. The average molecular weight is 350 g/mol. The molecule has 0 bridgehead atoms. The third-order valence-corrected chi connectivity index (χ3v) is 5.18. The molecule has 0 aliphatic rings. The molecule has 0 unspecified atom stereocenters. The maximum absolute atomic E-state index is 13.5. The van der Waals surface area contributed by atoms with Gasteiger partial charge in [-0.05, 0) is 31.5 Å². The smallest absolute Gasteiger partial charge is 0.260 e. The van der Waals surface area contributed by atoms with Crippen LogP contribution >= 0.6 is 11.3 Å². The molecule has 0 radical (unpaired) electrons. The van der Waals surface area contributed by atoms with E-state index in [0.717, 1.165) is 16.0 Å². The Kier molecular flexibility index (Phi) is 3.73. The van der Waals surface area contributed by atoms with Crippen molar-refractivity contribution >= 4 is 21.6 Å². The third kappa shape index (κ3) is 2.76. The van der Waals surface area contributed by atoms with Gasteiger partial charge in [0.25, 0.3) is 5.56 Å². The van der Waals surface area contributed by atoms with Crippen LogP contribution in [0.5, 0.6) is 0 Å². The predicted molar refractivity (Wildman–Crippen MR) is 101 cm³/mol. The number of nitrogens with one attached hydrogen (secondary N) is 1. The second-order valence-electron chi connectivity index (χ2n) is 6.00. The van der Waals surface area contributed by atoms with Crippen LogP contribution in [0.3, 0.4) is 0 Å². The lowest BCUT2D eigenvalue weighted by molar-refractivity contribution is 0.628. The third-order valence-electron chi connectivity index (χ3n) is 4.18. The van der Waals surface area contributed by atoms with Gasteiger partial charge in [-0.3, -0.25) is 4.79 Å². The van der Waals surface area contributed by atoms with Gasteiger partial charge in [-0.15, -0.1) is 11.3 Å². The second kappa shape index (κ2) is 5.93. The number of H-pyrrole nitrogens is 1. The van der Waals surface area contributed by atoms with E-state index >= 15 is 0 Å². The van der Waals surface area contributed by atoms with Crippen LogP contribution in [0.25, 0.3) is 32.7 Å². The molecule has 1 N–H and O–H groups in total. The molecule has 0 spiro atoms. The quantitative estimate of drug-likeness (QED) is 0.548. The van der Waals surface area contributed by atoms with Gasteiger partial charge >= 0.3 is 0 Å². The van der Waals surface area contributed by atoms with E-state index in [-0.39, 0.29) is 11.4 Å². The highest BCUT2D eigenvalue weighted by molar-refractivity contribution is 7.19. The summed E-state index contributed by atoms with van der Waals surface area (Å²) in [5, 5.41) is 0.589. The Morgan fingerprint density at radius 2 is 1.80 bits per heavy atom. The summed E-state index contributed by atoms with van der Waals surface area (Å²) in [7, 11) is 0. The Bertz CT molecular complexity index is 1140. The van der Waals surface area contributed by atoms with E-state index in [1.807, 2.05) is 38.1 Å². The lowest BCUT2D eigenvalue weighted by Gasteiger charge is -2.04. The zero-order valence-corrected chi connectivity index (χ0v) is 14.6. The van der Waals surface area contributed by atoms with E-state index in [1.165, 1.54) is 29.0 Å². The van der Waals surface area contributed by atoms with Crippen LogP contribution in [0.2, 0.25) is 0 Å². The number of nitrogens with zero attached hydrogens (tertiary/aromatic N) is 1. The Morgan fingerprint density at radius 1 is 1.04 bits per heavy atom. The zero-order valence-electron chi connectivity index (χ0n) is 13.8. The molecule has 2 heterocycles. The highest BCUT2D eigenvalue weighted by Gasteiger charge is 2.17. The number of aromatic amines is 1. The molecule has 4 rings (SSSR count). The number of fused-ring (bicyclic) bond motifs is 1. The van der Waals surface area contributed by atoms with E-state index in [1.54, 1.807) is 12.1 Å². The van der Waals surface area contributed by atoms with Crippen molar-refractivity contribution in [1.82, 2.24) is 9.97 Å². The number of benzene rings is 2. The second-order valence-corrected chi connectivity index (χ2v) is 7.21. The number of halogens is 1. The van der Waals surface area contributed by atoms with Gasteiger partial charge in [0.15, 0.2) is 0 Å². The molecule has 0 amide bonds. The van der Waals surface area contributed by atoms with Crippen molar-refractivity contribution in [3.63, 3.8) is 0 Å². The van der Waals surface area contributed by atoms with Gasteiger partial charge in [0.1, 0.15) is 16.5 Å². The summed E-state index contributed by atoms with van der Waals surface area (Å²) in [6.07, 6.45) is 0. The van der Waals surface area contributed by atoms with Gasteiger partial charge in [-0.2, -0.15) is 0 Å². The summed E-state index contributed by atoms with van der Waals surface area (Å²) in [6, 6.07) is 14.2. The van der Waals surface area contributed by atoms with Crippen LogP contribution in [0.4, 0.5) is 4.39 Å². The van der Waals surface area contributed by atoms with Crippen molar-refractivity contribution in [3.8, 4) is 22.5 Å². The standard InChI is InChI=1S/C20H15FN2OS/c1-11-6-8-13(9-7-11)16-12(2)25-20-17(16)19(24)22-18(23-20)14-4-3-5-15(21)10-14/h3-10H,1-2H3,(H,22,23,24). The van der Waals surface area contributed by atoms with Crippen molar-refractivity contribution in [2.24, 2.45) is 0 Å². The molecule has 124 valence electrons. The number of rotatable bonds is 2. The normalized spacial score (nSPS) is 11.2. The summed E-state index contributed by atoms with van der Waals surface area (Å²) in [4.78, 5) is 21.8. The fourth-order valence-corrected chi connectivity index (χ4v) is 4.01. The first-order chi connectivity index (χ1) is 12.0. The van der Waals surface area contributed by atoms with Crippen molar-refractivity contribution in [1.29, 1.82) is 0 Å². The van der Waals surface area contributed by atoms with Crippen molar-refractivity contribution in [2.75, 3.05) is 0 Å². The SMILES string of the molecule is Cc1ccc(-c2c(C)sc3nc(-c4cccc(F)c4)[nH]c(=O)c23)cc1. The number of thiophene rings is 1. The van der Waals surface area contributed by atoms with Crippen LogP contribution < -0.4 is 5.56 Å². The van der Waals surface area contributed by atoms with Crippen LogP contribution in [0.15, 0.2) is 53.3 Å². The Hall–Kier alpha value is -2.79. The number of hydrogen-bond acceptors (Lipinski definition) is 3. The molecule has 25 heavy (non-hydrogen) atoms. The summed E-state index contributed by atoms with van der Waals surface area (Å²) < 4.78 is 13.5. The molecule has 3 nitrogen and oxygen atoms in total. The molecular formula is C20H15FN2OS. The van der Waals surface area contributed by atoms with Gasteiger partial charge in [-0.25, -0.2) is 9.37 Å². The van der Waals surface area contributed by atoms with E-state index in [4.69, 9.17) is 0 Å². The van der Waals surface area contributed by atoms with Gasteiger partial charge in [-0.1, -0.05) is 42.0 Å². The van der Waals surface area contributed by atoms with Crippen molar-refractivity contribution < 1.29 is 4.39 Å². The predicted octanol–water partition coefficient (Wildman–Crippen LogP) is 5.07. The Balaban J connectivity index is 1.95. The van der Waals surface area contributed by atoms with Gasteiger partial charge in [0.05, 0.1) is 5.39 Å². The topological polar surface area (TPSA) is 45.8 Å². The maximum atomic E-state index is 13.5. The lowest BCUT2D eigenvalue weighted by atomic mass is 10.0. The maximum Gasteiger partial charge on any atom is 0.260 e. The molecule has 5 heteroatoms. The summed E-state index contributed by atoms with van der Waals surface area (Å²) in [5.74, 6) is 0.0247. The molecule has 0 aliphatic carbocycles. The van der Waals surface area contributed by atoms with E-state index in [9.17, 15) is 9.18 Å². The average Bonchev–Trinajstić information content (AvgIpc) is 2.92. The minimum Gasteiger partial charge on any atom is -0.306 e. The number of aryl methyl sites for hydroxylation is 2. The molecule has 4 aromatic rings. The van der Waals surface area contributed by atoms with E-state index < -0.39 is 0 Å². The van der Waals surface area contributed by atoms with Gasteiger partial charge in [0, 0.05) is 16.0 Å². The first-order valence-corrected chi connectivity index (χ1v) is 8.71. The molecule has 0 fully saturated rings. The van der Waals surface area contributed by atoms with Crippen LogP contribution in [0, 0.1) is 19.7 Å². The molecule has 0 aliphatic heterocycles. The largest absolute Gasteiger partial charge is 0.306 e. The van der Waals surface area contributed by atoms with E-state index in [0.29, 0.717) is 21.6 Å². The Morgan fingerprint density at radius 3 is 2.52 bits per heavy atom. The van der Waals surface area contributed by atoms with Crippen molar-refractivity contribution in [3.05, 3.63) is 75.1 Å². The summed E-state index contributed by atoms with van der Waals surface area (Å²) in [5.41, 5.74) is 3.44. The molecule has 2 aromatic heterocycles. The van der Waals surface area contributed by atoms with Gasteiger partial charge in [0.2, 0.25) is 0 Å². The number of aromatic nitrogens is 2. The Labute approximate surface area is 147 Å². The van der Waals surface area contributed by atoms with E-state index in [2.05, 4.69) is 9.97 Å². The minimum atomic E-state index is -0.358. The van der Waals surface area contributed by atoms with Gasteiger partial charge < -0.3 is 4.98 Å². The highest BCUT2D eigenvalue weighted by atomic mass is 32.1. The van der Waals surface area contributed by atoms with Crippen molar-refractivity contribution in [2.45, 2.75) is 13.8 Å². The minimum absolute atomic E-state index is 0.204.